The topological polar surface area (TPSA) is 54.4 Å². The van der Waals surface area contributed by atoms with Gasteiger partial charge in [-0.15, -0.1) is 4.91 Å². The number of nitroso groups, excluding NO2 is 1. The highest BCUT2D eigenvalue weighted by Crippen LogP contribution is 2.19. The number of benzene rings is 1. The Balaban J connectivity index is 2.35. The molecule has 2 aromatic rings. The Hall–Kier alpha value is -1.81. The van der Waals surface area contributed by atoms with Crippen molar-refractivity contribution < 1.29 is 0 Å². The van der Waals surface area contributed by atoms with Crippen molar-refractivity contribution in [1.29, 1.82) is 0 Å². The summed E-state index contributed by atoms with van der Waals surface area (Å²) in [6.45, 7) is 3.75. The van der Waals surface area contributed by atoms with Gasteiger partial charge in [-0.1, -0.05) is 13.0 Å². The van der Waals surface area contributed by atoms with Gasteiger partial charge in [0.2, 0.25) is 0 Å². The van der Waals surface area contributed by atoms with Gasteiger partial charge in [-0.25, -0.2) is 0 Å². The van der Waals surface area contributed by atoms with E-state index in [4.69, 9.17) is 0 Å². The summed E-state index contributed by atoms with van der Waals surface area (Å²) in [7, 11) is 0. The lowest BCUT2D eigenvalue weighted by atomic mass is 10.2. The van der Waals surface area contributed by atoms with Crippen LogP contribution in [0.15, 0.2) is 35.5 Å². The molecule has 4 nitrogen and oxygen atoms in total. The van der Waals surface area contributed by atoms with Gasteiger partial charge in [0.1, 0.15) is 5.69 Å². The van der Waals surface area contributed by atoms with Crippen LogP contribution in [-0.4, -0.2) is 11.5 Å². The lowest BCUT2D eigenvalue weighted by Crippen LogP contribution is -2.12. The number of hydrogen-bond donors (Lipinski definition) is 1. The highest BCUT2D eigenvalue weighted by molar-refractivity contribution is 5.81. The molecule has 0 saturated carbocycles. The third-order valence-electron chi connectivity index (χ3n) is 2.39. The first-order chi connectivity index (χ1) is 7.83. The molecule has 0 atom stereocenters. The predicted octanol–water partition coefficient (Wildman–Crippen LogP) is 2.74. The van der Waals surface area contributed by atoms with E-state index in [-0.39, 0.29) is 0 Å². The first kappa shape index (κ1) is 10.7. The van der Waals surface area contributed by atoms with Crippen LogP contribution >= 0.6 is 0 Å². The molecule has 0 aliphatic carbocycles. The molecular formula is C12H13N3O. The van der Waals surface area contributed by atoms with Crippen LogP contribution in [0.3, 0.4) is 0 Å². The van der Waals surface area contributed by atoms with E-state index in [1.807, 2.05) is 18.2 Å². The summed E-state index contributed by atoms with van der Waals surface area (Å²) in [5.41, 5.74) is 2.33. The number of nitrogens with zero attached hydrogens (tertiary/aromatic N) is 2. The maximum Gasteiger partial charge on any atom is 0.108 e. The van der Waals surface area contributed by atoms with Gasteiger partial charge in [0.05, 0.1) is 11.2 Å². The zero-order valence-corrected chi connectivity index (χ0v) is 9.10. The highest BCUT2D eigenvalue weighted by atomic mass is 16.3. The van der Waals surface area contributed by atoms with Crippen LogP contribution in [-0.2, 0) is 6.54 Å². The maximum absolute atomic E-state index is 10.4. The average Bonchev–Trinajstić information content (AvgIpc) is 2.35. The number of rotatable bonds is 4. The third kappa shape index (κ3) is 2.23. The molecule has 0 bridgehead atoms. The molecule has 0 spiro atoms. The largest absolute Gasteiger partial charge is 0.311 e. The second-order valence-electron chi connectivity index (χ2n) is 3.55. The van der Waals surface area contributed by atoms with E-state index in [1.54, 1.807) is 12.1 Å². The van der Waals surface area contributed by atoms with Crippen molar-refractivity contribution in [3.63, 3.8) is 0 Å². The lowest BCUT2D eigenvalue weighted by Gasteiger charge is -2.03. The molecule has 1 N–H and O–H groups in total. The first-order valence-electron chi connectivity index (χ1n) is 5.27. The standard InChI is InChI=1S/C12H13N3O/c1-2-13-8-11-4-3-9-7-10(15-16)5-6-12(9)14-11/h3-7,13H,2,8H2,1H3. The fourth-order valence-electron chi connectivity index (χ4n) is 1.56. The molecule has 0 aliphatic rings. The van der Waals surface area contributed by atoms with Gasteiger partial charge >= 0.3 is 0 Å². The minimum atomic E-state index is 0.439. The highest BCUT2D eigenvalue weighted by Gasteiger charge is 1.99. The van der Waals surface area contributed by atoms with Crippen LogP contribution in [0.5, 0.6) is 0 Å². The van der Waals surface area contributed by atoms with Crippen molar-refractivity contribution in [3.8, 4) is 0 Å². The molecule has 0 fully saturated rings. The molecule has 2 rings (SSSR count). The summed E-state index contributed by atoms with van der Waals surface area (Å²) in [4.78, 5) is 14.9. The van der Waals surface area contributed by atoms with E-state index in [0.29, 0.717) is 5.69 Å². The Morgan fingerprint density at radius 2 is 2.19 bits per heavy atom. The number of pyridine rings is 1. The first-order valence-corrected chi connectivity index (χ1v) is 5.27. The SMILES string of the molecule is CCNCc1ccc2cc(N=O)ccc2n1. The minimum Gasteiger partial charge on any atom is -0.311 e. The van der Waals surface area contributed by atoms with Gasteiger partial charge in [0.25, 0.3) is 0 Å². The number of nitrogens with one attached hydrogen (secondary N) is 1. The normalized spacial score (nSPS) is 10.6. The molecule has 1 aromatic heterocycles. The number of fused-ring (bicyclic) bond motifs is 1. The summed E-state index contributed by atoms with van der Waals surface area (Å²) >= 11 is 0. The van der Waals surface area contributed by atoms with E-state index >= 15 is 0 Å². The summed E-state index contributed by atoms with van der Waals surface area (Å²) in [6, 6.07) is 9.16. The second-order valence-corrected chi connectivity index (χ2v) is 3.55. The third-order valence-corrected chi connectivity index (χ3v) is 2.39. The van der Waals surface area contributed by atoms with Gasteiger partial charge < -0.3 is 5.32 Å². The molecule has 0 amide bonds. The molecule has 0 aliphatic heterocycles. The van der Waals surface area contributed by atoms with E-state index < -0.39 is 0 Å². The molecule has 0 saturated heterocycles. The van der Waals surface area contributed by atoms with Gasteiger partial charge in [-0.3, -0.25) is 4.98 Å². The van der Waals surface area contributed by atoms with Crippen molar-refractivity contribution in [2.45, 2.75) is 13.5 Å². The van der Waals surface area contributed by atoms with Crippen molar-refractivity contribution in [3.05, 3.63) is 40.9 Å². The molecule has 0 radical (unpaired) electrons. The molecule has 1 aromatic carbocycles. The summed E-state index contributed by atoms with van der Waals surface area (Å²) in [5, 5.41) is 7.07. The van der Waals surface area contributed by atoms with Gasteiger partial charge in [-0.05, 0) is 36.0 Å². The molecule has 16 heavy (non-hydrogen) atoms. The Kier molecular flexibility index (Phi) is 3.22. The van der Waals surface area contributed by atoms with E-state index in [2.05, 4.69) is 22.4 Å². The number of hydrogen-bond acceptors (Lipinski definition) is 4. The molecule has 82 valence electrons. The van der Waals surface area contributed by atoms with Crippen molar-refractivity contribution in [2.24, 2.45) is 5.18 Å². The summed E-state index contributed by atoms with van der Waals surface area (Å²) in [5.74, 6) is 0. The fourth-order valence-corrected chi connectivity index (χ4v) is 1.56. The zero-order chi connectivity index (χ0) is 11.4. The van der Waals surface area contributed by atoms with E-state index in [1.165, 1.54) is 0 Å². The van der Waals surface area contributed by atoms with Crippen LogP contribution in [0, 0.1) is 4.91 Å². The summed E-state index contributed by atoms with van der Waals surface area (Å²) in [6.07, 6.45) is 0. The molecule has 4 heteroatoms. The van der Waals surface area contributed by atoms with Crippen LogP contribution in [0.25, 0.3) is 10.9 Å². The van der Waals surface area contributed by atoms with Crippen LogP contribution in [0.2, 0.25) is 0 Å². The Labute approximate surface area is 93.7 Å². The molecule has 0 unspecified atom stereocenters. The van der Waals surface area contributed by atoms with Crippen LogP contribution in [0.4, 0.5) is 5.69 Å². The van der Waals surface area contributed by atoms with Crippen molar-refractivity contribution in [2.75, 3.05) is 6.54 Å². The fraction of sp³-hybridized carbons (Fsp3) is 0.250. The van der Waals surface area contributed by atoms with Crippen LogP contribution in [0.1, 0.15) is 12.6 Å². The smallest absolute Gasteiger partial charge is 0.108 e. The van der Waals surface area contributed by atoms with Gasteiger partial charge in [0.15, 0.2) is 0 Å². The zero-order valence-electron chi connectivity index (χ0n) is 9.10. The summed E-state index contributed by atoms with van der Waals surface area (Å²) < 4.78 is 0. The quantitative estimate of drug-likeness (QED) is 0.798. The van der Waals surface area contributed by atoms with Crippen molar-refractivity contribution in [1.82, 2.24) is 10.3 Å². The van der Waals surface area contributed by atoms with Crippen LogP contribution < -0.4 is 5.32 Å². The predicted molar refractivity (Wildman–Crippen MR) is 64.6 cm³/mol. The number of aromatic nitrogens is 1. The Morgan fingerprint density at radius 3 is 2.94 bits per heavy atom. The van der Waals surface area contributed by atoms with Gasteiger partial charge in [-0.2, -0.15) is 0 Å². The maximum atomic E-state index is 10.4. The molecule has 1 heterocycles. The molecular weight excluding hydrogens is 202 g/mol. The van der Waals surface area contributed by atoms with E-state index in [0.717, 1.165) is 29.7 Å². The van der Waals surface area contributed by atoms with E-state index in [9.17, 15) is 4.91 Å². The van der Waals surface area contributed by atoms with Crippen molar-refractivity contribution >= 4 is 16.6 Å². The van der Waals surface area contributed by atoms with Gasteiger partial charge in [0, 0.05) is 11.9 Å². The lowest BCUT2D eigenvalue weighted by molar-refractivity contribution is 0.713. The average molecular weight is 215 g/mol. The monoisotopic (exact) mass is 215 g/mol. The Morgan fingerprint density at radius 1 is 1.31 bits per heavy atom. The second kappa shape index (κ2) is 4.81. The Bertz CT molecular complexity index is 511. The minimum absolute atomic E-state index is 0.439.